The van der Waals surface area contributed by atoms with Crippen LogP contribution < -0.4 is 5.84 Å². The normalized spacial score (nSPS) is 15.8. The number of nitrogens with zero attached hydrogens (tertiary/aromatic N) is 4. The van der Waals surface area contributed by atoms with Gasteiger partial charge >= 0.3 is 0 Å². The monoisotopic (exact) mass is 331 g/mol. The van der Waals surface area contributed by atoms with Crippen LogP contribution in [0, 0.1) is 6.92 Å². The van der Waals surface area contributed by atoms with Crippen molar-refractivity contribution in [1.29, 1.82) is 0 Å². The Balaban J connectivity index is 1.74. The lowest BCUT2D eigenvalue weighted by molar-refractivity contribution is -0.129. The summed E-state index contributed by atoms with van der Waals surface area (Å²) < 4.78 is 1.46. The topological polar surface area (TPSA) is 77.0 Å². The Morgan fingerprint density at radius 1 is 1.22 bits per heavy atom. The first kappa shape index (κ1) is 15.9. The van der Waals surface area contributed by atoms with Crippen molar-refractivity contribution >= 4 is 17.7 Å². The molecule has 23 heavy (non-hydrogen) atoms. The molecular weight excluding hydrogens is 310 g/mol. The minimum absolute atomic E-state index is 0.146. The lowest BCUT2D eigenvalue weighted by atomic mass is 10.1. The highest BCUT2D eigenvalue weighted by molar-refractivity contribution is 8.00. The van der Waals surface area contributed by atoms with Crippen molar-refractivity contribution in [2.24, 2.45) is 0 Å². The number of nitrogens with two attached hydrogens (primary N) is 1. The lowest BCUT2D eigenvalue weighted by Crippen LogP contribution is -2.34. The molecule has 0 spiro atoms. The zero-order chi connectivity index (χ0) is 16.4. The van der Waals surface area contributed by atoms with Crippen LogP contribution in [0.3, 0.4) is 0 Å². The van der Waals surface area contributed by atoms with E-state index in [1.54, 1.807) is 0 Å². The number of carbonyl (C=O) groups excluding carboxylic acids is 1. The van der Waals surface area contributed by atoms with E-state index in [-0.39, 0.29) is 11.2 Å². The average molecular weight is 331 g/mol. The van der Waals surface area contributed by atoms with Crippen LogP contribution in [0.2, 0.25) is 0 Å². The van der Waals surface area contributed by atoms with Crippen molar-refractivity contribution in [2.45, 2.75) is 37.1 Å². The molecule has 1 aliphatic heterocycles. The Morgan fingerprint density at radius 3 is 2.52 bits per heavy atom. The van der Waals surface area contributed by atoms with E-state index in [1.807, 2.05) is 43.0 Å². The van der Waals surface area contributed by atoms with Crippen molar-refractivity contribution in [1.82, 2.24) is 19.8 Å². The van der Waals surface area contributed by atoms with Gasteiger partial charge in [0, 0.05) is 18.7 Å². The highest BCUT2D eigenvalue weighted by Crippen LogP contribution is 2.26. The molecule has 1 aliphatic rings. The third kappa shape index (κ3) is 3.34. The average Bonchev–Trinajstić information content (AvgIpc) is 3.19. The maximum atomic E-state index is 12.4. The molecule has 2 N–H and O–H groups in total. The quantitative estimate of drug-likeness (QED) is 0.685. The minimum atomic E-state index is -0.217. The Morgan fingerprint density at radius 2 is 1.87 bits per heavy atom. The van der Waals surface area contributed by atoms with E-state index in [2.05, 4.69) is 10.2 Å². The first-order chi connectivity index (χ1) is 11.1. The molecule has 0 unspecified atom stereocenters. The standard InChI is InChI=1S/C16H21N5OS/c1-11-5-7-13(8-6-11)14-18-19-16(21(14)17)23-12(2)15(22)20-9-3-4-10-20/h5-8,12H,3-4,9-10,17H2,1-2H3/t12-/m0/s1. The molecule has 6 nitrogen and oxygen atoms in total. The number of rotatable bonds is 4. The van der Waals surface area contributed by atoms with Gasteiger partial charge in [0.2, 0.25) is 11.1 Å². The fourth-order valence-electron chi connectivity index (χ4n) is 2.66. The Bertz CT molecular complexity index is 691. The fraction of sp³-hybridized carbons (Fsp3) is 0.438. The second kappa shape index (κ2) is 6.62. The summed E-state index contributed by atoms with van der Waals surface area (Å²) in [5.41, 5.74) is 2.09. The van der Waals surface area contributed by atoms with Crippen molar-refractivity contribution in [3.63, 3.8) is 0 Å². The number of aromatic nitrogens is 3. The molecule has 1 aromatic heterocycles. The number of aryl methyl sites for hydroxylation is 1. The third-order valence-electron chi connectivity index (χ3n) is 4.02. The fourth-order valence-corrected chi connectivity index (χ4v) is 3.51. The molecule has 0 bridgehead atoms. The molecule has 1 aromatic carbocycles. The van der Waals surface area contributed by atoms with Crippen molar-refractivity contribution < 1.29 is 4.79 Å². The van der Waals surface area contributed by atoms with Gasteiger partial charge in [0.1, 0.15) is 0 Å². The largest absolute Gasteiger partial charge is 0.342 e. The molecule has 1 saturated heterocycles. The van der Waals surface area contributed by atoms with Gasteiger partial charge in [-0.1, -0.05) is 41.6 Å². The molecule has 2 aromatic rings. The van der Waals surface area contributed by atoms with E-state index in [4.69, 9.17) is 5.84 Å². The van der Waals surface area contributed by atoms with Crippen LogP contribution in [0.4, 0.5) is 0 Å². The van der Waals surface area contributed by atoms with Crippen LogP contribution in [0.25, 0.3) is 11.4 Å². The Kier molecular flexibility index (Phi) is 4.56. The molecule has 0 aliphatic carbocycles. The number of thioether (sulfide) groups is 1. The smallest absolute Gasteiger partial charge is 0.235 e. The number of nitrogen functional groups attached to an aromatic ring is 1. The van der Waals surface area contributed by atoms with E-state index in [9.17, 15) is 4.79 Å². The van der Waals surface area contributed by atoms with E-state index in [1.165, 1.54) is 22.0 Å². The van der Waals surface area contributed by atoms with Crippen LogP contribution in [0.5, 0.6) is 0 Å². The van der Waals surface area contributed by atoms with Crippen LogP contribution in [0.1, 0.15) is 25.3 Å². The van der Waals surface area contributed by atoms with Gasteiger partial charge in [0.05, 0.1) is 5.25 Å². The molecule has 1 amide bonds. The maximum absolute atomic E-state index is 12.4. The number of benzene rings is 1. The second-order valence-electron chi connectivity index (χ2n) is 5.83. The maximum Gasteiger partial charge on any atom is 0.235 e. The van der Waals surface area contributed by atoms with E-state index in [0.717, 1.165) is 31.5 Å². The summed E-state index contributed by atoms with van der Waals surface area (Å²) in [7, 11) is 0. The number of hydrogen-bond acceptors (Lipinski definition) is 5. The number of amides is 1. The molecular formula is C16H21N5OS. The number of hydrogen-bond donors (Lipinski definition) is 1. The summed E-state index contributed by atoms with van der Waals surface area (Å²) in [4.78, 5) is 14.3. The zero-order valence-electron chi connectivity index (χ0n) is 13.4. The molecule has 0 saturated carbocycles. The van der Waals surface area contributed by atoms with Gasteiger partial charge < -0.3 is 10.7 Å². The SMILES string of the molecule is Cc1ccc(-c2nnc(S[C@@H](C)C(=O)N3CCCC3)n2N)cc1. The van der Waals surface area contributed by atoms with E-state index < -0.39 is 0 Å². The summed E-state index contributed by atoms with van der Waals surface area (Å²) in [6, 6.07) is 7.96. The molecule has 1 atom stereocenters. The highest BCUT2D eigenvalue weighted by Gasteiger charge is 2.26. The second-order valence-corrected chi connectivity index (χ2v) is 7.14. The van der Waals surface area contributed by atoms with Gasteiger partial charge in [-0.25, -0.2) is 4.68 Å². The zero-order valence-corrected chi connectivity index (χ0v) is 14.2. The van der Waals surface area contributed by atoms with Crippen LogP contribution in [0.15, 0.2) is 29.4 Å². The first-order valence-corrected chi connectivity index (χ1v) is 8.67. The summed E-state index contributed by atoms with van der Waals surface area (Å²) in [5, 5.41) is 8.65. The third-order valence-corrected chi connectivity index (χ3v) is 5.07. The first-order valence-electron chi connectivity index (χ1n) is 7.79. The predicted octanol–water partition coefficient (Wildman–Crippen LogP) is 2.07. The summed E-state index contributed by atoms with van der Waals surface area (Å²) in [6.45, 7) is 5.64. The summed E-state index contributed by atoms with van der Waals surface area (Å²) in [5.74, 6) is 6.87. The van der Waals surface area contributed by atoms with Crippen LogP contribution in [-0.2, 0) is 4.79 Å². The van der Waals surface area contributed by atoms with Crippen molar-refractivity contribution in [3.05, 3.63) is 29.8 Å². The molecule has 2 heterocycles. The van der Waals surface area contributed by atoms with Crippen LogP contribution >= 0.6 is 11.8 Å². The Labute approximate surface area is 140 Å². The van der Waals surface area contributed by atoms with Gasteiger partial charge in [0.15, 0.2) is 5.82 Å². The van der Waals surface area contributed by atoms with Gasteiger partial charge in [-0.3, -0.25) is 4.79 Å². The van der Waals surface area contributed by atoms with Crippen molar-refractivity contribution in [3.8, 4) is 11.4 Å². The number of carbonyl (C=O) groups is 1. The van der Waals surface area contributed by atoms with Gasteiger partial charge in [-0.05, 0) is 26.7 Å². The molecule has 3 rings (SSSR count). The predicted molar refractivity (Wildman–Crippen MR) is 91.5 cm³/mol. The summed E-state index contributed by atoms with van der Waals surface area (Å²) >= 11 is 1.36. The van der Waals surface area contributed by atoms with E-state index in [0.29, 0.717) is 11.0 Å². The molecule has 122 valence electrons. The van der Waals surface area contributed by atoms with Gasteiger partial charge in [0.25, 0.3) is 0 Å². The lowest BCUT2D eigenvalue weighted by Gasteiger charge is -2.19. The highest BCUT2D eigenvalue weighted by atomic mass is 32.2. The number of likely N-dealkylation sites (tertiary alicyclic amines) is 1. The van der Waals surface area contributed by atoms with Crippen LogP contribution in [-0.4, -0.2) is 44.0 Å². The van der Waals surface area contributed by atoms with Gasteiger partial charge in [-0.15, -0.1) is 10.2 Å². The molecule has 0 radical (unpaired) electrons. The summed E-state index contributed by atoms with van der Waals surface area (Å²) in [6.07, 6.45) is 2.18. The molecule has 7 heteroatoms. The Hall–Kier alpha value is -2.02. The van der Waals surface area contributed by atoms with E-state index >= 15 is 0 Å². The minimum Gasteiger partial charge on any atom is -0.342 e. The van der Waals surface area contributed by atoms with Gasteiger partial charge in [-0.2, -0.15) is 0 Å². The van der Waals surface area contributed by atoms with Crippen molar-refractivity contribution in [2.75, 3.05) is 18.9 Å². The molecule has 1 fully saturated rings.